The van der Waals surface area contributed by atoms with Gasteiger partial charge in [0.15, 0.2) is 17.8 Å². The molecule has 2 N–H and O–H groups in total. The number of ether oxygens (including phenoxy) is 5. The second-order valence-corrected chi connectivity index (χ2v) is 4.59. The summed E-state index contributed by atoms with van der Waals surface area (Å²) in [5.41, 5.74) is 0.506. The van der Waals surface area contributed by atoms with Crippen molar-refractivity contribution in [3.8, 4) is 17.2 Å². The predicted octanol–water partition coefficient (Wildman–Crippen LogP) is 2.23. The molecule has 2 amide bonds. The van der Waals surface area contributed by atoms with E-state index in [0.717, 1.165) is 0 Å². The number of hydrogen-bond acceptors (Lipinski definition) is 6. The molecule has 8 nitrogen and oxygen atoms in total. The minimum absolute atomic E-state index is 0.234. The van der Waals surface area contributed by atoms with E-state index in [1.807, 2.05) is 13.8 Å². The normalized spacial score (nSPS) is 10.4. The van der Waals surface area contributed by atoms with Gasteiger partial charge in [0.2, 0.25) is 5.75 Å². The van der Waals surface area contributed by atoms with Gasteiger partial charge in [-0.1, -0.05) is 0 Å². The molecule has 0 saturated carbocycles. The highest BCUT2D eigenvalue weighted by Gasteiger charge is 2.15. The molecule has 0 saturated heterocycles. The fourth-order valence-electron chi connectivity index (χ4n) is 2.04. The zero-order valence-corrected chi connectivity index (χ0v) is 14.8. The third kappa shape index (κ3) is 5.78. The van der Waals surface area contributed by atoms with Crippen molar-refractivity contribution in [1.29, 1.82) is 0 Å². The summed E-state index contributed by atoms with van der Waals surface area (Å²) in [7, 11) is 4.54. The van der Waals surface area contributed by atoms with Gasteiger partial charge in [-0.2, -0.15) is 0 Å². The lowest BCUT2D eigenvalue weighted by Gasteiger charge is -2.18. The van der Waals surface area contributed by atoms with E-state index in [2.05, 4.69) is 10.6 Å². The van der Waals surface area contributed by atoms with Crippen LogP contribution in [-0.4, -0.2) is 53.4 Å². The van der Waals surface area contributed by atoms with Crippen LogP contribution in [0.3, 0.4) is 0 Å². The Bertz CT molecular complexity index is 492. The van der Waals surface area contributed by atoms with Crippen LogP contribution in [0.15, 0.2) is 12.1 Å². The molecule has 0 aliphatic heterocycles. The molecule has 0 aliphatic carbocycles. The van der Waals surface area contributed by atoms with E-state index in [4.69, 9.17) is 23.7 Å². The Hall–Kier alpha value is -2.19. The van der Waals surface area contributed by atoms with Gasteiger partial charge >= 0.3 is 6.03 Å². The first-order chi connectivity index (χ1) is 11.6. The maximum Gasteiger partial charge on any atom is 0.319 e. The van der Waals surface area contributed by atoms with Crippen molar-refractivity contribution in [2.24, 2.45) is 0 Å². The van der Waals surface area contributed by atoms with Gasteiger partial charge in [0.05, 0.1) is 33.6 Å². The smallest absolute Gasteiger partial charge is 0.319 e. The maximum atomic E-state index is 12.0. The molecule has 1 aromatic carbocycles. The Morgan fingerprint density at radius 2 is 1.54 bits per heavy atom. The molecule has 0 unspecified atom stereocenters. The van der Waals surface area contributed by atoms with E-state index < -0.39 is 12.3 Å². The molecule has 0 aromatic heterocycles. The van der Waals surface area contributed by atoms with Crippen LogP contribution in [0, 0.1) is 0 Å². The minimum atomic E-state index is -0.481. The molecule has 8 heteroatoms. The Kier molecular flexibility index (Phi) is 8.74. The molecule has 0 spiro atoms. The van der Waals surface area contributed by atoms with Crippen molar-refractivity contribution in [2.45, 2.75) is 20.1 Å². The number of anilines is 1. The summed E-state index contributed by atoms with van der Waals surface area (Å²) in [5, 5.41) is 5.40. The SMILES string of the molecule is CCOC(CNC(=O)Nc1cc(OC)c(OC)c(OC)c1)OCC. The van der Waals surface area contributed by atoms with Crippen molar-refractivity contribution in [3.05, 3.63) is 12.1 Å². The molecule has 0 aliphatic rings. The lowest BCUT2D eigenvalue weighted by Crippen LogP contribution is -2.37. The summed E-state index contributed by atoms with van der Waals surface area (Å²) < 4.78 is 26.5. The summed E-state index contributed by atoms with van der Waals surface area (Å²) in [6.07, 6.45) is -0.481. The van der Waals surface area contributed by atoms with Crippen molar-refractivity contribution in [2.75, 3.05) is 46.4 Å². The van der Waals surface area contributed by atoms with E-state index in [1.165, 1.54) is 21.3 Å². The highest BCUT2D eigenvalue weighted by Crippen LogP contribution is 2.39. The zero-order chi connectivity index (χ0) is 17.9. The van der Waals surface area contributed by atoms with Crippen LogP contribution in [0.5, 0.6) is 17.2 Å². The molecule has 0 radical (unpaired) electrons. The number of nitrogens with one attached hydrogen (secondary N) is 2. The molecular weight excluding hydrogens is 316 g/mol. The molecule has 1 rings (SSSR count). The van der Waals surface area contributed by atoms with Gasteiger partial charge in [-0.25, -0.2) is 4.79 Å². The summed E-state index contributed by atoms with van der Waals surface area (Å²) in [4.78, 5) is 12.0. The van der Waals surface area contributed by atoms with E-state index in [0.29, 0.717) is 36.1 Å². The third-order valence-corrected chi connectivity index (χ3v) is 3.06. The Balaban J connectivity index is 2.72. The average Bonchev–Trinajstić information content (AvgIpc) is 2.59. The van der Waals surface area contributed by atoms with Crippen LogP contribution < -0.4 is 24.8 Å². The first-order valence-electron chi connectivity index (χ1n) is 7.67. The quantitative estimate of drug-likeness (QED) is 0.634. The van der Waals surface area contributed by atoms with Crippen molar-refractivity contribution >= 4 is 11.7 Å². The first kappa shape index (κ1) is 19.9. The fourth-order valence-corrected chi connectivity index (χ4v) is 2.04. The van der Waals surface area contributed by atoms with Gasteiger partial charge in [-0.05, 0) is 13.8 Å². The lowest BCUT2D eigenvalue weighted by molar-refractivity contribution is -0.131. The van der Waals surface area contributed by atoms with E-state index in [1.54, 1.807) is 12.1 Å². The highest BCUT2D eigenvalue weighted by atomic mass is 16.7. The highest BCUT2D eigenvalue weighted by molar-refractivity contribution is 5.90. The number of methoxy groups -OCH3 is 3. The maximum absolute atomic E-state index is 12.0. The molecule has 0 fully saturated rings. The second-order valence-electron chi connectivity index (χ2n) is 4.59. The Labute approximate surface area is 142 Å². The summed E-state index contributed by atoms with van der Waals surface area (Å²) in [6.45, 7) is 4.96. The number of amides is 2. The second kappa shape index (κ2) is 10.6. The molecule has 0 heterocycles. The van der Waals surface area contributed by atoms with Crippen molar-refractivity contribution < 1.29 is 28.5 Å². The molecule has 1 aromatic rings. The number of benzene rings is 1. The predicted molar refractivity (Wildman–Crippen MR) is 90.2 cm³/mol. The Morgan fingerprint density at radius 1 is 1.00 bits per heavy atom. The Morgan fingerprint density at radius 3 is 1.96 bits per heavy atom. The molecule has 0 atom stereocenters. The monoisotopic (exact) mass is 342 g/mol. The van der Waals surface area contributed by atoms with Gasteiger partial charge in [0, 0.05) is 25.3 Å². The first-order valence-corrected chi connectivity index (χ1v) is 7.67. The largest absolute Gasteiger partial charge is 0.493 e. The summed E-state index contributed by atoms with van der Waals surface area (Å²) in [5.74, 6) is 1.36. The van der Waals surface area contributed by atoms with E-state index >= 15 is 0 Å². The molecule has 0 bridgehead atoms. The third-order valence-electron chi connectivity index (χ3n) is 3.06. The number of rotatable bonds is 10. The summed E-state index contributed by atoms with van der Waals surface area (Å²) in [6, 6.07) is 2.89. The molecular formula is C16H26N2O6. The van der Waals surface area contributed by atoms with E-state index in [9.17, 15) is 4.79 Å². The van der Waals surface area contributed by atoms with E-state index in [-0.39, 0.29) is 6.54 Å². The fraction of sp³-hybridized carbons (Fsp3) is 0.562. The van der Waals surface area contributed by atoms with Crippen LogP contribution in [0.25, 0.3) is 0 Å². The zero-order valence-electron chi connectivity index (χ0n) is 14.8. The standard InChI is InChI=1S/C16H26N2O6/c1-6-23-14(24-7-2)10-17-16(19)18-11-8-12(20-3)15(22-5)13(9-11)21-4/h8-9,14H,6-7,10H2,1-5H3,(H2,17,18,19). The van der Waals surface area contributed by atoms with Gasteiger partial charge < -0.3 is 34.3 Å². The summed E-state index contributed by atoms with van der Waals surface area (Å²) >= 11 is 0. The number of urea groups is 1. The van der Waals surface area contributed by atoms with Crippen LogP contribution in [-0.2, 0) is 9.47 Å². The van der Waals surface area contributed by atoms with Crippen molar-refractivity contribution in [1.82, 2.24) is 5.32 Å². The number of hydrogen-bond donors (Lipinski definition) is 2. The minimum Gasteiger partial charge on any atom is -0.493 e. The van der Waals surface area contributed by atoms with Crippen molar-refractivity contribution in [3.63, 3.8) is 0 Å². The van der Waals surface area contributed by atoms with Gasteiger partial charge in [-0.3, -0.25) is 0 Å². The lowest BCUT2D eigenvalue weighted by atomic mass is 10.2. The van der Waals surface area contributed by atoms with Crippen LogP contribution >= 0.6 is 0 Å². The van der Waals surface area contributed by atoms with Crippen LogP contribution in [0.1, 0.15) is 13.8 Å². The van der Waals surface area contributed by atoms with Crippen LogP contribution in [0.4, 0.5) is 10.5 Å². The average molecular weight is 342 g/mol. The molecule has 136 valence electrons. The van der Waals surface area contributed by atoms with Crippen LogP contribution in [0.2, 0.25) is 0 Å². The van der Waals surface area contributed by atoms with Gasteiger partial charge in [-0.15, -0.1) is 0 Å². The number of carbonyl (C=O) groups is 1. The molecule has 24 heavy (non-hydrogen) atoms. The number of carbonyl (C=O) groups excluding carboxylic acids is 1. The van der Waals surface area contributed by atoms with Gasteiger partial charge in [0.25, 0.3) is 0 Å². The topological polar surface area (TPSA) is 87.3 Å². The van der Waals surface area contributed by atoms with Gasteiger partial charge in [0.1, 0.15) is 0 Å².